The number of rotatable bonds is 5. The van der Waals surface area contributed by atoms with Crippen molar-refractivity contribution < 1.29 is 14.0 Å². The summed E-state index contributed by atoms with van der Waals surface area (Å²) in [6.45, 7) is 2.22. The van der Waals surface area contributed by atoms with Crippen molar-refractivity contribution in [1.82, 2.24) is 15.5 Å². The maximum absolute atomic E-state index is 14.0. The fourth-order valence-corrected chi connectivity index (χ4v) is 2.33. The van der Waals surface area contributed by atoms with Crippen molar-refractivity contribution in [3.8, 4) is 11.3 Å². The molecule has 1 saturated carbocycles. The van der Waals surface area contributed by atoms with Crippen molar-refractivity contribution in [3.05, 3.63) is 46.9 Å². The molecule has 2 aromatic rings. The number of primary amides is 1. The van der Waals surface area contributed by atoms with Gasteiger partial charge in [0.15, 0.2) is 5.69 Å². The summed E-state index contributed by atoms with van der Waals surface area (Å²) < 4.78 is 14.0. The van der Waals surface area contributed by atoms with Crippen LogP contribution in [0.25, 0.3) is 11.3 Å². The highest BCUT2D eigenvalue weighted by Crippen LogP contribution is 2.28. The van der Waals surface area contributed by atoms with Gasteiger partial charge in [0.1, 0.15) is 5.82 Å². The van der Waals surface area contributed by atoms with Crippen LogP contribution in [0.4, 0.5) is 4.39 Å². The topological polar surface area (TPSA) is 98.0 Å². The molecule has 1 aromatic carbocycles. The van der Waals surface area contributed by atoms with Crippen molar-refractivity contribution in [3.63, 3.8) is 0 Å². The molecule has 1 aliphatic carbocycles. The Morgan fingerprint density at radius 3 is 2.62 bits per heavy atom. The van der Waals surface area contributed by atoms with Crippen LogP contribution < -0.4 is 11.1 Å². The van der Waals surface area contributed by atoms with Gasteiger partial charge in [-0.05, 0) is 55.5 Å². The zero-order chi connectivity index (χ0) is 17.3. The molecule has 24 heavy (non-hydrogen) atoms. The Morgan fingerprint density at radius 1 is 1.29 bits per heavy atom. The van der Waals surface area contributed by atoms with Crippen molar-refractivity contribution in [2.45, 2.75) is 19.8 Å². The molecule has 0 bridgehead atoms. The summed E-state index contributed by atoms with van der Waals surface area (Å²) in [6, 6.07) is 5.66. The van der Waals surface area contributed by atoms with Crippen molar-refractivity contribution in [2.24, 2.45) is 11.7 Å². The molecule has 7 heteroatoms. The second-order valence-corrected chi connectivity index (χ2v) is 5.95. The van der Waals surface area contributed by atoms with E-state index in [4.69, 9.17) is 5.73 Å². The highest BCUT2D eigenvalue weighted by Gasteiger charge is 2.22. The molecule has 124 valence electrons. The molecule has 3 rings (SSSR count). The number of nitrogens with one attached hydrogen (secondary N) is 1. The molecule has 0 unspecified atom stereocenters. The fourth-order valence-electron chi connectivity index (χ4n) is 2.33. The van der Waals surface area contributed by atoms with E-state index in [9.17, 15) is 14.0 Å². The van der Waals surface area contributed by atoms with Crippen LogP contribution in [0.15, 0.2) is 24.3 Å². The molecule has 0 atom stereocenters. The van der Waals surface area contributed by atoms with Gasteiger partial charge in [0.25, 0.3) is 5.91 Å². The average Bonchev–Trinajstić information content (AvgIpc) is 3.39. The summed E-state index contributed by atoms with van der Waals surface area (Å²) in [6.07, 6.45) is 2.29. The summed E-state index contributed by atoms with van der Waals surface area (Å²) in [5.74, 6) is -0.980. The molecule has 1 aliphatic rings. The van der Waals surface area contributed by atoms with Gasteiger partial charge in [-0.1, -0.05) is 0 Å². The molecular weight excluding hydrogens is 311 g/mol. The van der Waals surface area contributed by atoms with Gasteiger partial charge in [0.05, 0.1) is 5.69 Å². The van der Waals surface area contributed by atoms with Crippen LogP contribution in [-0.4, -0.2) is 28.6 Å². The third kappa shape index (κ3) is 3.40. The predicted molar refractivity (Wildman–Crippen MR) is 85.7 cm³/mol. The van der Waals surface area contributed by atoms with Crippen molar-refractivity contribution >= 4 is 11.8 Å². The molecule has 1 aromatic heterocycles. The smallest absolute Gasteiger partial charge is 0.271 e. The minimum atomic E-state index is -0.723. The van der Waals surface area contributed by atoms with E-state index in [1.54, 1.807) is 13.0 Å². The van der Waals surface area contributed by atoms with Gasteiger partial charge in [0.2, 0.25) is 5.91 Å². The first-order valence-electron chi connectivity index (χ1n) is 7.68. The molecule has 1 heterocycles. The molecule has 2 amide bonds. The standard InChI is InChI=1S/C17H17FN4O2/c1-9-12(6-11(16(19)23)7-13(9)18)14-4-5-15(22-21-14)17(24)20-8-10-2-3-10/h4-7,10H,2-3,8H2,1H3,(H2,19,23)(H,20,24). The lowest BCUT2D eigenvalue weighted by Crippen LogP contribution is -2.26. The zero-order valence-corrected chi connectivity index (χ0v) is 13.2. The Balaban J connectivity index is 1.84. The van der Waals surface area contributed by atoms with Gasteiger partial charge < -0.3 is 11.1 Å². The first kappa shape index (κ1) is 16.0. The first-order valence-corrected chi connectivity index (χ1v) is 7.68. The zero-order valence-electron chi connectivity index (χ0n) is 13.2. The highest BCUT2D eigenvalue weighted by atomic mass is 19.1. The quantitative estimate of drug-likeness (QED) is 0.875. The predicted octanol–water partition coefficient (Wildman–Crippen LogP) is 1.83. The Hall–Kier alpha value is -2.83. The molecule has 0 spiro atoms. The Morgan fingerprint density at radius 2 is 2.04 bits per heavy atom. The highest BCUT2D eigenvalue weighted by molar-refractivity contribution is 5.94. The summed E-state index contributed by atoms with van der Waals surface area (Å²) in [4.78, 5) is 23.2. The van der Waals surface area contributed by atoms with Gasteiger partial charge in [0, 0.05) is 17.7 Å². The molecule has 0 radical (unpaired) electrons. The summed E-state index contributed by atoms with van der Waals surface area (Å²) in [5.41, 5.74) is 6.59. The molecule has 0 aliphatic heterocycles. The van der Waals surface area contributed by atoms with Crippen LogP contribution in [0.5, 0.6) is 0 Å². The Bertz CT molecular complexity index is 801. The second kappa shape index (κ2) is 6.35. The molecular formula is C17H17FN4O2. The van der Waals surface area contributed by atoms with Crippen molar-refractivity contribution in [1.29, 1.82) is 0 Å². The average molecular weight is 328 g/mol. The van der Waals surface area contributed by atoms with Gasteiger partial charge in [-0.3, -0.25) is 9.59 Å². The van der Waals surface area contributed by atoms with E-state index in [-0.39, 0.29) is 17.2 Å². The third-order valence-corrected chi connectivity index (χ3v) is 4.05. The number of hydrogen-bond donors (Lipinski definition) is 2. The Kier molecular flexibility index (Phi) is 4.24. The SMILES string of the molecule is Cc1c(F)cc(C(N)=O)cc1-c1ccc(C(=O)NCC2CC2)nn1. The van der Waals surface area contributed by atoms with E-state index in [1.165, 1.54) is 12.1 Å². The minimum Gasteiger partial charge on any atom is -0.366 e. The normalized spacial score (nSPS) is 13.6. The number of benzene rings is 1. The number of halogens is 1. The van der Waals surface area contributed by atoms with Crippen LogP contribution in [0, 0.1) is 18.7 Å². The number of carbonyl (C=O) groups excluding carboxylic acids is 2. The van der Waals surface area contributed by atoms with E-state index >= 15 is 0 Å². The minimum absolute atomic E-state index is 0.0566. The molecule has 1 fully saturated rings. The lowest BCUT2D eigenvalue weighted by Gasteiger charge is -2.09. The largest absolute Gasteiger partial charge is 0.366 e. The van der Waals surface area contributed by atoms with Gasteiger partial charge in [-0.15, -0.1) is 10.2 Å². The van der Waals surface area contributed by atoms with Gasteiger partial charge in [-0.2, -0.15) is 0 Å². The number of nitrogens with two attached hydrogens (primary N) is 1. The lowest BCUT2D eigenvalue weighted by molar-refractivity contribution is 0.0944. The third-order valence-electron chi connectivity index (χ3n) is 4.05. The Labute approximate surface area is 138 Å². The van der Waals surface area contributed by atoms with Gasteiger partial charge >= 0.3 is 0 Å². The fraction of sp³-hybridized carbons (Fsp3) is 0.294. The van der Waals surface area contributed by atoms with E-state index in [0.29, 0.717) is 29.3 Å². The first-order chi connectivity index (χ1) is 11.5. The van der Waals surface area contributed by atoms with Crippen LogP contribution >= 0.6 is 0 Å². The maximum atomic E-state index is 14.0. The van der Waals surface area contributed by atoms with Gasteiger partial charge in [-0.25, -0.2) is 4.39 Å². The van der Waals surface area contributed by atoms with E-state index in [2.05, 4.69) is 15.5 Å². The van der Waals surface area contributed by atoms with E-state index < -0.39 is 11.7 Å². The monoisotopic (exact) mass is 328 g/mol. The number of hydrogen-bond acceptors (Lipinski definition) is 4. The number of carbonyl (C=O) groups is 2. The molecule has 0 saturated heterocycles. The maximum Gasteiger partial charge on any atom is 0.271 e. The summed E-state index contributed by atoms with van der Waals surface area (Å²) in [7, 11) is 0. The van der Waals surface area contributed by atoms with E-state index in [1.807, 2.05) is 0 Å². The molecule has 6 nitrogen and oxygen atoms in total. The van der Waals surface area contributed by atoms with Crippen LogP contribution in [0.2, 0.25) is 0 Å². The second-order valence-electron chi connectivity index (χ2n) is 5.95. The summed E-state index contributed by atoms with van der Waals surface area (Å²) >= 11 is 0. The number of amides is 2. The lowest BCUT2D eigenvalue weighted by atomic mass is 10.0. The van der Waals surface area contributed by atoms with E-state index in [0.717, 1.165) is 18.9 Å². The number of nitrogens with zero attached hydrogens (tertiary/aromatic N) is 2. The number of aromatic nitrogens is 2. The van der Waals surface area contributed by atoms with Crippen molar-refractivity contribution in [2.75, 3.05) is 6.54 Å². The summed E-state index contributed by atoms with van der Waals surface area (Å²) in [5, 5.41) is 10.7. The van der Waals surface area contributed by atoms with Crippen LogP contribution in [-0.2, 0) is 0 Å². The van der Waals surface area contributed by atoms with Crippen LogP contribution in [0.3, 0.4) is 0 Å². The molecule has 3 N–H and O–H groups in total. The van der Waals surface area contributed by atoms with Crippen LogP contribution in [0.1, 0.15) is 39.3 Å².